The van der Waals surface area contributed by atoms with Crippen molar-refractivity contribution in [2.45, 2.75) is 59.6 Å². The summed E-state index contributed by atoms with van der Waals surface area (Å²) < 4.78 is 5.38. The van der Waals surface area contributed by atoms with Gasteiger partial charge in [0.15, 0.2) is 0 Å². The fourth-order valence-corrected chi connectivity index (χ4v) is 2.34. The van der Waals surface area contributed by atoms with E-state index in [9.17, 15) is 4.79 Å². The zero-order chi connectivity index (χ0) is 17.5. The molecule has 0 radical (unpaired) electrons. The SMILES string of the molecule is CCCC(C)CNc1cccc(CN(C)C(=O)OC(C)(C)C)c1. The molecule has 0 aromatic heterocycles. The fraction of sp³-hybridized carbons (Fsp3) is 0.632. The summed E-state index contributed by atoms with van der Waals surface area (Å²) in [4.78, 5) is 13.6. The van der Waals surface area contributed by atoms with Crippen LogP contribution in [0, 0.1) is 5.92 Å². The number of carbonyl (C=O) groups is 1. The molecule has 0 spiro atoms. The molecule has 1 N–H and O–H groups in total. The van der Waals surface area contributed by atoms with Crippen LogP contribution in [0.2, 0.25) is 0 Å². The first-order valence-electron chi connectivity index (χ1n) is 8.48. The van der Waals surface area contributed by atoms with E-state index in [0.29, 0.717) is 12.5 Å². The standard InChI is InChI=1S/C19H32N2O2/c1-7-9-15(2)13-20-17-11-8-10-16(12-17)14-21(6)18(22)23-19(3,4)5/h8,10-12,15,20H,7,9,13-14H2,1-6H3. The molecule has 4 heteroatoms. The predicted molar refractivity (Wildman–Crippen MR) is 96.7 cm³/mol. The first-order valence-corrected chi connectivity index (χ1v) is 8.48. The van der Waals surface area contributed by atoms with Crippen LogP contribution >= 0.6 is 0 Å². The normalized spacial score (nSPS) is 12.6. The molecule has 1 aromatic carbocycles. The minimum absolute atomic E-state index is 0.299. The highest BCUT2D eigenvalue weighted by Crippen LogP contribution is 2.15. The Morgan fingerprint density at radius 3 is 2.65 bits per heavy atom. The summed E-state index contributed by atoms with van der Waals surface area (Å²) in [6.45, 7) is 11.6. The summed E-state index contributed by atoms with van der Waals surface area (Å²) in [5, 5.41) is 3.48. The number of nitrogens with zero attached hydrogens (tertiary/aromatic N) is 1. The van der Waals surface area contributed by atoms with Crippen LogP contribution in [0.15, 0.2) is 24.3 Å². The van der Waals surface area contributed by atoms with Crippen molar-refractivity contribution in [2.24, 2.45) is 5.92 Å². The lowest BCUT2D eigenvalue weighted by Gasteiger charge is -2.24. The maximum absolute atomic E-state index is 12.0. The van der Waals surface area contributed by atoms with Crippen molar-refractivity contribution in [1.82, 2.24) is 4.90 Å². The van der Waals surface area contributed by atoms with Gasteiger partial charge in [-0.1, -0.05) is 32.4 Å². The molecular formula is C19H32N2O2. The minimum atomic E-state index is -0.468. The summed E-state index contributed by atoms with van der Waals surface area (Å²) in [6.07, 6.45) is 2.14. The van der Waals surface area contributed by atoms with Crippen LogP contribution in [0.5, 0.6) is 0 Å². The third-order valence-corrected chi connectivity index (χ3v) is 3.49. The summed E-state index contributed by atoms with van der Waals surface area (Å²) in [5.41, 5.74) is 1.72. The third kappa shape index (κ3) is 7.91. The smallest absolute Gasteiger partial charge is 0.410 e. The lowest BCUT2D eigenvalue weighted by molar-refractivity contribution is 0.0285. The second-order valence-corrected chi connectivity index (χ2v) is 7.31. The van der Waals surface area contributed by atoms with Crippen molar-refractivity contribution in [3.05, 3.63) is 29.8 Å². The maximum Gasteiger partial charge on any atom is 0.410 e. The first kappa shape index (κ1) is 19.3. The maximum atomic E-state index is 12.0. The van der Waals surface area contributed by atoms with Gasteiger partial charge in [-0.25, -0.2) is 4.79 Å². The van der Waals surface area contributed by atoms with E-state index in [1.54, 1.807) is 11.9 Å². The van der Waals surface area contributed by atoms with E-state index in [0.717, 1.165) is 17.8 Å². The number of benzene rings is 1. The van der Waals surface area contributed by atoms with Crippen LogP contribution in [-0.4, -0.2) is 30.2 Å². The van der Waals surface area contributed by atoms with Crippen molar-refractivity contribution in [3.8, 4) is 0 Å². The highest BCUT2D eigenvalue weighted by Gasteiger charge is 2.19. The Kier molecular flexibility index (Phi) is 7.40. The Bertz CT molecular complexity index is 494. The van der Waals surface area contributed by atoms with Gasteiger partial charge >= 0.3 is 6.09 Å². The monoisotopic (exact) mass is 320 g/mol. The first-order chi connectivity index (χ1) is 10.7. The fourth-order valence-electron chi connectivity index (χ4n) is 2.34. The Labute approximate surface area is 141 Å². The van der Waals surface area contributed by atoms with Crippen molar-refractivity contribution in [1.29, 1.82) is 0 Å². The number of hydrogen-bond acceptors (Lipinski definition) is 3. The molecule has 1 amide bonds. The molecule has 130 valence electrons. The lowest BCUT2D eigenvalue weighted by Crippen LogP contribution is -2.33. The molecule has 0 aliphatic heterocycles. The van der Waals surface area contributed by atoms with Crippen LogP contribution < -0.4 is 5.32 Å². The Balaban J connectivity index is 2.57. The molecule has 1 unspecified atom stereocenters. The van der Waals surface area contributed by atoms with Gasteiger partial charge < -0.3 is 15.0 Å². The van der Waals surface area contributed by atoms with Crippen molar-refractivity contribution >= 4 is 11.8 Å². The number of rotatable bonds is 7. The topological polar surface area (TPSA) is 41.6 Å². The van der Waals surface area contributed by atoms with E-state index < -0.39 is 5.60 Å². The lowest BCUT2D eigenvalue weighted by atomic mass is 10.1. The molecule has 1 aromatic rings. The van der Waals surface area contributed by atoms with E-state index in [4.69, 9.17) is 4.74 Å². The molecule has 0 saturated carbocycles. The van der Waals surface area contributed by atoms with E-state index in [-0.39, 0.29) is 6.09 Å². The Morgan fingerprint density at radius 2 is 2.04 bits per heavy atom. The molecule has 0 heterocycles. The van der Waals surface area contributed by atoms with Gasteiger partial charge in [0.05, 0.1) is 0 Å². The van der Waals surface area contributed by atoms with Crippen LogP contribution in [0.3, 0.4) is 0 Å². The average molecular weight is 320 g/mol. The minimum Gasteiger partial charge on any atom is -0.444 e. The second kappa shape index (κ2) is 8.80. The Morgan fingerprint density at radius 1 is 1.35 bits per heavy atom. The number of amides is 1. The van der Waals surface area contributed by atoms with Gasteiger partial charge in [-0.15, -0.1) is 0 Å². The molecule has 23 heavy (non-hydrogen) atoms. The van der Waals surface area contributed by atoms with E-state index in [1.165, 1.54) is 12.8 Å². The van der Waals surface area contributed by atoms with Gasteiger partial charge in [0.25, 0.3) is 0 Å². The van der Waals surface area contributed by atoms with Gasteiger partial charge in [-0.05, 0) is 50.8 Å². The van der Waals surface area contributed by atoms with Crippen LogP contribution in [0.4, 0.5) is 10.5 Å². The number of nitrogens with one attached hydrogen (secondary N) is 1. The molecule has 0 bridgehead atoms. The number of carbonyl (C=O) groups excluding carboxylic acids is 1. The van der Waals surface area contributed by atoms with Crippen LogP contribution in [0.25, 0.3) is 0 Å². The van der Waals surface area contributed by atoms with Crippen LogP contribution in [-0.2, 0) is 11.3 Å². The van der Waals surface area contributed by atoms with Gasteiger partial charge in [-0.3, -0.25) is 0 Å². The molecule has 1 atom stereocenters. The highest BCUT2D eigenvalue weighted by molar-refractivity contribution is 5.67. The summed E-state index contributed by atoms with van der Waals surface area (Å²) >= 11 is 0. The van der Waals surface area contributed by atoms with E-state index >= 15 is 0 Å². The quantitative estimate of drug-likeness (QED) is 0.777. The Hall–Kier alpha value is -1.71. The van der Waals surface area contributed by atoms with Gasteiger partial charge in [-0.2, -0.15) is 0 Å². The average Bonchev–Trinajstić information content (AvgIpc) is 2.44. The zero-order valence-corrected chi connectivity index (χ0v) is 15.5. The number of anilines is 1. The van der Waals surface area contributed by atoms with Crippen molar-refractivity contribution < 1.29 is 9.53 Å². The van der Waals surface area contributed by atoms with Crippen molar-refractivity contribution in [2.75, 3.05) is 18.9 Å². The zero-order valence-electron chi connectivity index (χ0n) is 15.5. The number of ether oxygens (including phenoxy) is 1. The highest BCUT2D eigenvalue weighted by atomic mass is 16.6. The largest absolute Gasteiger partial charge is 0.444 e. The van der Waals surface area contributed by atoms with Gasteiger partial charge in [0.2, 0.25) is 0 Å². The molecule has 0 aliphatic carbocycles. The molecule has 1 rings (SSSR count). The van der Waals surface area contributed by atoms with Crippen LogP contribution in [0.1, 0.15) is 53.0 Å². The predicted octanol–water partition coefficient (Wildman–Crippen LogP) is 4.90. The van der Waals surface area contributed by atoms with Gasteiger partial charge in [0.1, 0.15) is 5.60 Å². The molecule has 0 aliphatic rings. The summed E-state index contributed by atoms with van der Waals surface area (Å²) in [7, 11) is 1.76. The van der Waals surface area contributed by atoms with E-state index in [1.807, 2.05) is 32.9 Å². The molecule has 0 saturated heterocycles. The van der Waals surface area contributed by atoms with Crippen molar-refractivity contribution in [3.63, 3.8) is 0 Å². The summed E-state index contributed by atoms with van der Waals surface area (Å²) in [5.74, 6) is 0.660. The molecular weight excluding hydrogens is 288 g/mol. The summed E-state index contributed by atoms with van der Waals surface area (Å²) in [6, 6.07) is 8.21. The molecule has 4 nitrogen and oxygen atoms in total. The van der Waals surface area contributed by atoms with Gasteiger partial charge in [0, 0.05) is 25.8 Å². The third-order valence-electron chi connectivity index (χ3n) is 3.49. The number of hydrogen-bond donors (Lipinski definition) is 1. The second-order valence-electron chi connectivity index (χ2n) is 7.31. The molecule has 0 fully saturated rings. The van der Waals surface area contributed by atoms with E-state index in [2.05, 4.69) is 31.3 Å².